The van der Waals surface area contributed by atoms with E-state index in [4.69, 9.17) is 10.5 Å². The summed E-state index contributed by atoms with van der Waals surface area (Å²) in [6.45, 7) is 4.93. The molecule has 0 aromatic heterocycles. The minimum atomic E-state index is 0.164. The molecule has 0 radical (unpaired) electrons. The molecule has 1 unspecified atom stereocenters. The first kappa shape index (κ1) is 14.9. The van der Waals surface area contributed by atoms with Gasteiger partial charge < -0.3 is 10.5 Å². The SMILES string of the molecule is CCSCCOc1ccc(Br)c(CC(C)N)c1. The molecule has 0 aliphatic heterocycles. The van der Waals surface area contributed by atoms with E-state index in [1.165, 1.54) is 5.56 Å². The number of halogens is 1. The Bertz CT molecular complexity index is 344. The maximum Gasteiger partial charge on any atom is 0.119 e. The van der Waals surface area contributed by atoms with Crippen LogP contribution in [0.2, 0.25) is 0 Å². The smallest absolute Gasteiger partial charge is 0.119 e. The largest absolute Gasteiger partial charge is 0.493 e. The average Bonchev–Trinajstić information content (AvgIpc) is 2.28. The van der Waals surface area contributed by atoms with E-state index >= 15 is 0 Å². The third kappa shape index (κ3) is 5.80. The maximum atomic E-state index is 5.82. The molecule has 0 saturated heterocycles. The molecule has 0 aliphatic carbocycles. The number of ether oxygens (including phenoxy) is 1. The van der Waals surface area contributed by atoms with Crippen LogP contribution in [0.5, 0.6) is 5.75 Å². The molecular formula is C13H20BrNOS. The van der Waals surface area contributed by atoms with E-state index in [2.05, 4.69) is 28.9 Å². The zero-order chi connectivity index (χ0) is 12.7. The van der Waals surface area contributed by atoms with Crippen LogP contribution in [0.1, 0.15) is 19.4 Å². The van der Waals surface area contributed by atoms with Crippen molar-refractivity contribution in [1.82, 2.24) is 0 Å². The highest BCUT2D eigenvalue weighted by Crippen LogP contribution is 2.23. The average molecular weight is 318 g/mol. The zero-order valence-corrected chi connectivity index (χ0v) is 12.8. The number of rotatable bonds is 7. The lowest BCUT2D eigenvalue weighted by Gasteiger charge is -2.11. The summed E-state index contributed by atoms with van der Waals surface area (Å²) in [6, 6.07) is 6.26. The van der Waals surface area contributed by atoms with Gasteiger partial charge in [-0.2, -0.15) is 11.8 Å². The lowest BCUT2D eigenvalue weighted by Crippen LogP contribution is -2.18. The highest BCUT2D eigenvalue weighted by molar-refractivity contribution is 9.10. The summed E-state index contributed by atoms with van der Waals surface area (Å²) in [4.78, 5) is 0. The van der Waals surface area contributed by atoms with Crippen LogP contribution >= 0.6 is 27.7 Å². The standard InChI is InChI=1S/C13H20BrNOS/c1-3-17-7-6-16-12-4-5-13(14)11(9-12)8-10(2)15/h4-5,9-10H,3,6-8,15H2,1-2H3. The Hall–Kier alpha value is -0.190. The Labute approximate surface area is 116 Å². The lowest BCUT2D eigenvalue weighted by molar-refractivity contribution is 0.343. The van der Waals surface area contributed by atoms with Crippen molar-refractivity contribution in [3.8, 4) is 5.75 Å². The van der Waals surface area contributed by atoms with Crippen molar-refractivity contribution in [2.24, 2.45) is 5.73 Å². The van der Waals surface area contributed by atoms with Crippen LogP contribution in [0, 0.1) is 0 Å². The Kier molecular flexibility index (Phi) is 7.00. The van der Waals surface area contributed by atoms with E-state index in [1.54, 1.807) is 0 Å². The Morgan fingerprint density at radius 1 is 1.47 bits per heavy atom. The molecule has 4 heteroatoms. The summed E-state index contributed by atoms with van der Waals surface area (Å²) in [5.74, 6) is 3.11. The molecule has 2 nitrogen and oxygen atoms in total. The highest BCUT2D eigenvalue weighted by Gasteiger charge is 2.05. The van der Waals surface area contributed by atoms with E-state index in [0.29, 0.717) is 0 Å². The van der Waals surface area contributed by atoms with Gasteiger partial charge in [0.15, 0.2) is 0 Å². The van der Waals surface area contributed by atoms with E-state index < -0.39 is 0 Å². The predicted octanol–water partition coefficient (Wildman–Crippen LogP) is 3.47. The molecular weight excluding hydrogens is 298 g/mol. The molecule has 0 spiro atoms. The van der Waals surface area contributed by atoms with Crippen molar-refractivity contribution >= 4 is 27.7 Å². The molecule has 17 heavy (non-hydrogen) atoms. The van der Waals surface area contributed by atoms with E-state index in [-0.39, 0.29) is 6.04 Å². The molecule has 0 bridgehead atoms. The van der Waals surface area contributed by atoms with Gasteiger partial charge in [0.2, 0.25) is 0 Å². The fraction of sp³-hybridized carbons (Fsp3) is 0.538. The summed E-state index contributed by atoms with van der Waals surface area (Å²) in [5.41, 5.74) is 7.03. The van der Waals surface area contributed by atoms with Crippen LogP contribution in [0.15, 0.2) is 22.7 Å². The minimum Gasteiger partial charge on any atom is -0.493 e. The molecule has 0 saturated carbocycles. The summed E-state index contributed by atoms with van der Waals surface area (Å²) < 4.78 is 6.80. The van der Waals surface area contributed by atoms with Crippen molar-refractivity contribution in [2.45, 2.75) is 26.3 Å². The van der Waals surface area contributed by atoms with Gasteiger partial charge in [0, 0.05) is 16.3 Å². The van der Waals surface area contributed by atoms with Crippen LogP contribution in [-0.2, 0) is 6.42 Å². The topological polar surface area (TPSA) is 35.2 Å². The highest BCUT2D eigenvalue weighted by atomic mass is 79.9. The number of hydrogen-bond donors (Lipinski definition) is 1. The van der Waals surface area contributed by atoms with Crippen LogP contribution in [0.3, 0.4) is 0 Å². The van der Waals surface area contributed by atoms with Gasteiger partial charge in [-0.25, -0.2) is 0 Å². The minimum absolute atomic E-state index is 0.164. The fourth-order valence-electron chi connectivity index (χ4n) is 1.51. The third-order valence-corrected chi connectivity index (χ3v) is 3.90. The molecule has 96 valence electrons. The van der Waals surface area contributed by atoms with Gasteiger partial charge in [0.1, 0.15) is 5.75 Å². The van der Waals surface area contributed by atoms with Crippen LogP contribution in [0.4, 0.5) is 0 Å². The van der Waals surface area contributed by atoms with Crippen LogP contribution < -0.4 is 10.5 Å². The van der Waals surface area contributed by atoms with E-state index in [9.17, 15) is 0 Å². The van der Waals surface area contributed by atoms with Gasteiger partial charge in [-0.3, -0.25) is 0 Å². The van der Waals surface area contributed by atoms with Gasteiger partial charge >= 0.3 is 0 Å². The van der Waals surface area contributed by atoms with E-state index in [1.807, 2.05) is 30.8 Å². The monoisotopic (exact) mass is 317 g/mol. The molecule has 1 atom stereocenters. The molecule has 1 aromatic rings. The first-order valence-electron chi connectivity index (χ1n) is 5.88. The molecule has 1 rings (SSSR count). The molecule has 0 heterocycles. The summed E-state index contributed by atoms with van der Waals surface area (Å²) in [5, 5.41) is 0. The Balaban J connectivity index is 2.55. The first-order chi connectivity index (χ1) is 8.13. The lowest BCUT2D eigenvalue weighted by atomic mass is 10.1. The van der Waals surface area contributed by atoms with Gasteiger partial charge in [0.25, 0.3) is 0 Å². The van der Waals surface area contributed by atoms with Gasteiger partial charge in [-0.1, -0.05) is 22.9 Å². The quantitative estimate of drug-likeness (QED) is 0.782. The summed E-state index contributed by atoms with van der Waals surface area (Å²) >= 11 is 5.43. The van der Waals surface area contributed by atoms with Gasteiger partial charge in [0.05, 0.1) is 6.61 Å². The van der Waals surface area contributed by atoms with Gasteiger partial charge in [-0.15, -0.1) is 0 Å². The maximum absolute atomic E-state index is 5.82. The van der Waals surface area contributed by atoms with E-state index in [0.717, 1.165) is 34.8 Å². The van der Waals surface area contributed by atoms with Crippen molar-refractivity contribution in [3.05, 3.63) is 28.2 Å². The van der Waals surface area contributed by atoms with Crippen molar-refractivity contribution in [3.63, 3.8) is 0 Å². The molecule has 0 fully saturated rings. The second-order valence-electron chi connectivity index (χ2n) is 3.98. The van der Waals surface area contributed by atoms with Gasteiger partial charge in [-0.05, 0) is 42.9 Å². The second-order valence-corrected chi connectivity index (χ2v) is 6.23. The first-order valence-corrected chi connectivity index (χ1v) is 7.82. The second kappa shape index (κ2) is 8.01. The zero-order valence-electron chi connectivity index (χ0n) is 10.4. The fourth-order valence-corrected chi connectivity index (χ4v) is 2.41. The summed E-state index contributed by atoms with van der Waals surface area (Å²) in [6.07, 6.45) is 0.863. The van der Waals surface area contributed by atoms with Crippen LogP contribution in [0.25, 0.3) is 0 Å². The third-order valence-electron chi connectivity index (χ3n) is 2.26. The molecule has 2 N–H and O–H groups in total. The number of thioether (sulfide) groups is 1. The predicted molar refractivity (Wildman–Crippen MR) is 80.0 cm³/mol. The summed E-state index contributed by atoms with van der Waals surface area (Å²) in [7, 11) is 0. The molecule has 0 amide bonds. The number of benzene rings is 1. The van der Waals surface area contributed by atoms with Crippen molar-refractivity contribution < 1.29 is 4.74 Å². The van der Waals surface area contributed by atoms with Crippen molar-refractivity contribution in [2.75, 3.05) is 18.1 Å². The normalized spacial score (nSPS) is 12.5. The molecule has 0 aliphatic rings. The number of nitrogens with two attached hydrogens (primary N) is 1. The number of hydrogen-bond acceptors (Lipinski definition) is 3. The Morgan fingerprint density at radius 3 is 2.88 bits per heavy atom. The molecule has 1 aromatic carbocycles. The van der Waals surface area contributed by atoms with Crippen molar-refractivity contribution in [1.29, 1.82) is 0 Å². The Morgan fingerprint density at radius 2 is 2.24 bits per heavy atom. The van der Waals surface area contributed by atoms with Crippen LogP contribution in [-0.4, -0.2) is 24.2 Å².